The quantitative estimate of drug-likeness (QED) is 0.782. The fourth-order valence-corrected chi connectivity index (χ4v) is 2.59. The van der Waals surface area contributed by atoms with Gasteiger partial charge < -0.3 is 10.0 Å². The molecule has 0 aliphatic carbocycles. The summed E-state index contributed by atoms with van der Waals surface area (Å²) in [5.74, 6) is -1.64. The molecule has 0 bridgehead atoms. The van der Waals surface area contributed by atoms with Crippen LogP contribution in [0.15, 0.2) is 0 Å². The molecule has 2 N–H and O–H groups in total. The molecule has 0 spiro atoms. The zero-order chi connectivity index (χ0) is 16.0. The number of imide groups is 1. The van der Waals surface area contributed by atoms with E-state index in [1.165, 1.54) is 0 Å². The van der Waals surface area contributed by atoms with E-state index in [0.717, 1.165) is 13.1 Å². The Morgan fingerprint density at radius 1 is 1.29 bits per heavy atom. The summed E-state index contributed by atoms with van der Waals surface area (Å²) in [4.78, 5) is 38.2. The lowest BCUT2D eigenvalue weighted by molar-refractivity contribution is -0.138. The first-order valence-electron chi connectivity index (χ1n) is 7.38. The van der Waals surface area contributed by atoms with Crippen LogP contribution in [0.2, 0.25) is 0 Å². The third kappa shape index (κ3) is 5.71. The number of carboxylic acids is 1. The fraction of sp³-hybridized carbons (Fsp3) is 0.786. The predicted molar refractivity (Wildman–Crippen MR) is 77.9 cm³/mol. The van der Waals surface area contributed by atoms with E-state index in [2.05, 4.69) is 24.1 Å². The van der Waals surface area contributed by atoms with E-state index in [0.29, 0.717) is 13.1 Å². The molecule has 7 nitrogen and oxygen atoms in total. The molecule has 120 valence electrons. The number of carbonyl (C=O) groups excluding carboxylic acids is 2. The molecule has 0 aromatic heterocycles. The Balaban J connectivity index is 2.39. The van der Waals surface area contributed by atoms with Crippen LogP contribution in [0.4, 0.5) is 4.79 Å². The minimum Gasteiger partial charge on any atom is -0.481 e. The number of carboxylic acid groups (broad SMARTS) is 1. The second-order valence-electron chi connectivity index (χ2n) is 5.68. The maximum Gasteiger partial charge on any atom is 0.324 e. The minimum atomic E-state index is -0.939. The number of nitrogens with one attached hydrogen (secondary N) is 1. The Bertz CT molecular complexity index is 400. The van der Waals surface area contributed by atoms with Crippen LogP contribution in [-0.2, 0) is 9.59 Å². The van der Waals surface area contributed by atoms with Crippen molar-refractivity contribution in [3.63, 3.8) is 0 Å². The van der Waals surface area contributed by atoms with Gasteiger partial charge in [0.2, 0.25) is 5.91 Å². The van der Waals surface area contributed by atoms with Crippen LogP contribution in [0.25, 0.3) is 0 Å². The summed E-state index contributed by atoms with van der Waals surface area (Å²) in [6, 6.07) is -0.110. The number of amides is 3. The van der Waals surface area contributed by atoms with Crippen LogP contribution in [0.5, 0.6) is 0 Å². The molecule has 0 aromatic rings. The van der Waals surface area contributed by atoms with Gasteiger partial charge in [0.1, 0.15) is 0 Å². The zero-order valence-corrected chi connectivity index (χ0v) is 13.0. The molecule has 0 radical (unpaired) electrons. The molecule has 1 saturated heterocycles. The summed E-state index contributed by atoms with van der Waals surface area (Å²) in [6.07, 6.45) is -0.0314. The highest BCUT2D eigenvalue weighted by atomic mass is 16.4. The van der Waals surface area contributed by atoms with Gasteiger partial charge in [0.15, 0.2) is 0 Å². The highest BCUT2D eigenvalue weighted by Crippen LogP contribution is 2.10. The van der Waals surface area contributed by atoms with Crippen LogP contribution < -0.4 is 5.32 Å². The number of nitrogens with zero attached hydrogens (tertiary/aromatic N) is 2. The summed E-state index contributed by atoms with van der Waals surface area (Å²) >= 11 is 0. The van der Waals surface area contributed by atoms with Gasteiger partial charge in [0.05, 0.1) is 0 Å². The van der Waals surface area contributed by atoms with E-state index < -0.39 is 11.9 Å². The number of likely N-dealkylation sites (N-methyl/N-ethyl adjacent to an activating group) is 1. The van der Waals surface area contributed by atoms with Gasteiger partial charge in [-0.15, -0.1) is 0 Å². The monoisotopic (exact) mass is 299 g/mol. The molecule has 0 aromatic carbocycles. The van der Waals surface area contributed by atoms with Gasteiger partial charge in [0.25, 0.3) is 0 Å². The second-order valence-corrected chi connectivity index (χ2v) is 5.68. The first-order chi connectivity index (χ1) is 9.83. The number of hydrogen-bond acceptors (Lipinski definition) is 4. The largest absolute Gasteiger partial charge is 0.481 e. The molecule has 2 atom stereocenters. The van der Waals surface area contributed by atoms with Crippen LogP contribution in [0.3, 0.4) is 0 Å². The Hall–Kier alpha value is -1.63. The Morgan fingerprint density at radius 3 is 2.48 bits per heavy atom. The van der Waals surface area contributed by atoms with Gasteiger partial charge in [0, 0.05) is 38.5 Å². The number of aliphatic carboxylic acids is 1. The van der Waals surface area contributed by atoms with Gasteiger partial charge in [-0.05, 0) is 19.4 Å². The van der Waals surface area contributed by atoms with E-state index in [4.69, 9.17) is 5.11 Å². The van der Waals surface area contributed by atoms with Crippen molar-refractivity contribution in [1.29, 1.82) is 0 Å². The van der Waals surface area contributed by atoms with Crippen molar-refractivity contribution in [1.82, 2.24) is 15.1 Å². The number of urea groups is 1. The van der Waals surface area contributed by atoms with E-state index in [-0.39, 0.29) is 30.8 Å². The number of carbonyl (C=O) groups is 3. The molecule has 3 amide bonds. The Kier molecular flexibility index (Phi) is 6.61. The van der Waals surface area contributed by atoms with Crippen LogP contribution in [0, 0.1) is 5.92 Å². The second kappa shape index (κ2) is 7.97. The Labute approximate surface area is 125 Å². The smallest absolute Gasteiger partial charge is 0.324 e. The first-order valence-corrected chi connectivity index (χ1v) is 7.38. The van der Waals surface area contributed by atoms with Crippen LogP contribution in [0.1, 0.15) is 33.6 Å². The van der Waals surface area contributed by atoms with Gasteiger partial charge in [-0.1, -0.05) is 13.8 Å². The molecule has 1 fully saturated rings. The van der Waals surface area contributed by atoms with Crippen molar-refractivity contribution >= 4 is 17.9 Å². The number of piperazine rings is 1. The lowest BCUT2D eigenvalue weighted by atomic mass is 10.0. The van der Waals surface area contributed by atoms with Gasteiger partial charge >= 0.3 is 12.0 Å². The summed E-state index contributed by atoms with van der Waals surface area (Å²) in [5, 5.41) is 11.0. The maximum atomic E-state index is 12.0. The lowest BCUT2D eigenvalue weighted by Gasteiger charge is -2.39. The summed E-state index contributed by atoms with van der Waals surface area (Å²) in [7, 11) is 0. The average molecular weight is 299 g/mol. The molecule has 1 aliphatic heterocycles. The molecule has 1 heterocycles. The molecule has 1 aliphatic rings. The molecule has 21 heavy (non-hydrogen) atoms. The average Bonchev–Trinajstić information content (AvgIpc) is 2.36. The number of rotatable bonds is 5. The maximum absolute atomic E-state index is 12.0. The zero-order valence-electron chi connectivity index (χ0n) is 13.0. The molecule has 1 rings (SSSR count). The third-order valence-electron chi connectivity index (χ3n) is 3.76. The van der Waals surface area contributed by atoms with E-state index in [1.54, 1.807) is 11.8 Å². The third-order valence-corrected chi connectivity index (χ3v) is 3.76. The van der Waals surface area contributed by atoms with E-state index in [1.807, 2.05) is 0 Å². The number of hydrogen-bond donors (Lipinski definition) is 2. The van der Waals surface area contributed by atoms with Gasteiger partial charge in [-0.2, -0.15) is 0 Å². The highest BCUT2D eigenvalue weighted by molar-refractivity contribution is 5.94. The minimum absolute atomic E-state index is 0.0442. The fourth-order valence-electron chi connectivity index (χ4n) is 2.59. The molecule has 7 heteroatoms. The highest BCUT2D eigenvalue weighted by Gasteiger charge is 2.26. The molecule has 0 saturated carbocycles. The molecular formula is C14H25N3O4. The van der Waals surface area contributed by atoms with Crippen LogP contribution in [-0.4, -0.2) is 65.0 Å². The Morgan fingerprint density at radius 2 is 1.95 bits per heavy atom. The summed E-state index contributed by atoms with van der Waals surface area (Å²) < 4.78 is 0. The van der Waals surface area contributed by atoms with E-state index in [9.17, 15) is 14.4 Å². The first kappa shape index (κ1) is 17.4. The van der Waals surface area contributed by atoms with Gasteiger partial charge in [-0.3, -0.25) is 19.8 Å². The lowest BCUT2D eigenvalue weighted by Crippen LogP contribution is -2.56. The van der Waals surface area contributed by atoms with Crippen molar-refractivity contribution in [2.75, 3.05) is 26.2 Å². The summed E-state index contributed by atoms with van der Waals surface area (Å²) in [6.45, 7) is 8.76. The van der Waals surface area contributed by atoms with Crippen molar-refractivity contribution in [3.05, 3.63) is 0 Å². The van der Waals surface area contributed by atoms with Crippen LogP contribution >= 0.6 is 0 Å². The molecule has 2 unspecified atom stereocenters. The van der Waals surface area contributed by atoms with E-state index >= 15 is 0 Å². The normalized spacial score (nSPS) is 20.9. The predicted octanol–water partition coefficient (Wildman–Crippen LogP) is 0.750. The van der Waals surface area contributed by atoms with Crippen molar-refractivity contribution < 1.29 is 19.5 Å². The van der Waals surface area contributed by atoms with Crippen molar-refractivity contribution in [2.24, 2.45) is 5.92 Å². The van der Waals surface area contributed by atoms with Gasteiger partial charge in [-0.25, -0.2) is 4.79 Å². The molecular weight excluding hydrogens is 274 g/mol. The summed E-state index contributed by atoms with van der Waals surface area (Å²) in [5.41, 5.74) is 0. The topological polar surface area (TPSA) is 90.0 Å². The van der Waals surface area contributed by atoms with Crippen molar-refractivity contribution in [3.8, 4) is 0 Å². The standard InChI is InChI=1S/C14H25N3O4/c1-4-16-5-6-17(9-11(16)3)14(21)15-12(18)7-10(2)8-13(19)20/h10-11H,4-9H2,1-3H3,(H,19,20)(H,15,18,21). The SMILES string of the molecule is CCN1CCN(C(=O)NC(=O)CC(C)CC(=O)O)CC1C. The van der Waals surface area contributed by atoms with Crippen molar-refractivity contribution in [2.45, 2.75) is 39.7 Å².